The van der Waals surface area contributed by atoms with Crippen LogP contribution in [-0.2, 0) is 16.0 Å². The molecule has 0 bridgehead atoms. The third-order valence-electron chi connectivity index (χ3n) is 2.77. The summed E-state index contributed by atoms with van der Waals surface area (Å²) in [4.78, 5) is 24.2. The standard InChI is InChI=1S/C13H15NO4/c1-8(2)14-10-5-9(6-13(16)17)3-4-11(10)18-7-12(14)15/h3-5,8H,6-7H2,1-2H3,(H,16,17). The lowest BCUT2D eigenvalue weighted by Gasteiger charge is -2.32. The second-order valence-corrected chi connectivity index (χ2v) is 4.52. The molecule has 0 radical (unpaired) electrons. The van der Waals surface area contributed by atoms with Gasteiger partial charge in [-0.3, -0.25) is 9.59 Å². The van der Waals surface area contributed by atoms with E-state index in [1.54, 1.807) is 23.1 Å². The van der Waals surface area contributed by atoms with E-state index in [1.807, 2.05) is 13.8 Å². The Balaban J connectivity index is 2.41. The molecule has 5 heteroatoms. The maximum atomic E-state index is 11.8. The lowest BCUT2D eigenvalue weighted by Crippen LogP contribution is -2.43. The van der Waals surface area contributed by atoms with Crippen molar-refractivity contribution in [1.29, 1.82) is 0 Å². The number of ether oxygens (including phenoxy) is 1. The van der Waals surface area contributed by atoms with Crippen LogP contribution in [0.3, 0.4) is 0 Å². The third kappa shape index (κ3) is 2.30. The number of carboxylic acids is 1. The van der Waals surface area contributed by atoms with Gasteiger partial charge in [0, 0.05) is 6.04 Å². The molecule has 0 saturated carbocycles. The monoisotopic (exact) mass is 249 g/mol. The number of fused-ring (bicyclic) bond motifs is 1. The average Bonchev–Trinajstić information content (AvgIpc) is 2.27. The normalized spacial score (nSPS) is 14.4. The first-order valence-corrected chi connectivity index (χ1v) is 5.78. The highest BCUT2D eigenvalue weighted by atomic mass is 16.5. The van der Waals surface area contributed by atoms with Crippen LogP contribution in [-0.4, -0.2) is 29.6 Å². The number of hydrogen-bond acceptors (Lipinski definition) is 3. The minimum atomic E-state index is -0.894. The second-order valence-electron chi connectivity index (χ2n) is 4.52. The molecule has 0 spiro atoms. The molecule has 5 nitrogen and oxygen atoms in total. The zero-order chi connectivity index (χ0) is 13.3. The van der Waals surface area contributed by atoms with E-state index < -0.39 is 5.97 Å². The van der Waals surface area contributed by atoms with Crippen molar-refractivity contribution in [3.05, 3.63) is 23.8 Å². The van der Waals surface area contributed by atoms with E-state index in [0.717, 1.165) is 0 Å². The van der Waals surface area contributed by atoms with Crippen molar-refractivity contribution in [2.75, 3.05) is 11.5 Å². The highest BCUT2D eigenvalue weighted by molar-refractivity contribution is 5.98. The lowest BCUT2D eigenvalue weighted by atomic mass is 10.1. The van der Waals surface area contributed by atoms with Gasteiger partial charge in [0.1, 0.15) is 5.75 Å². The van der Waals surface area contributed by atoms with Crippen LogP contribution in [0.5, 0.6) is 5.75 Å². The van der Waals surface area contributed by atoms with E-state index >= 15 is 0 Å². The topological polar surface area (TPSA) is 66.8 Å². The van der Waals surface area contributed by atoms with Gasteiger partial charge in [0.15, 0.2) is 6.61 Å². The van der Waals surface area contributed by atoms with Gasteiger partial charge >= 0.3 is 5.97 Å². The zero-order valence-electron chi connectivity index (χ0n) is 10.3. The zero-order valence-corrected chi connectivity index (χ0v) is 10.3. The molecule has 1 aromatic carbocycles. The first-order valence-electron chi connectivity index (χ1n) is 5.78. The van der Waals surface area contributed by atoms with Crippen LogP contribution in [0.2, 0.25) is 0 Å². The number of carboxylic acid groups (broad SMARTS) is 1. The minimum absolute atomic E-state index is 0.0141. The Morgan fingerprint density at radius 1 is 1.50 bits per heavy atom. The summed E-state index contributed by atoms with van der Waals surface area (Å²) in [6.07, 6.45) is -0.0621. The molecule has 1 aliphatic rings. The fourth-order valence-corrected chi connectivity index (χ4v) is 2.07. The summed E-state index contributed by atoms with van der Waals surface area (Å²) >= 11 is 0. The number of nitrogens with zero attached hydrogens (tertiary/aromatic N) is 1. The highest BCUT2D eigenvalue weighted by Crippen LogP contribution is 2.34. The Morgan fingerprint density at radius 3 is 2.83 bits per heavy atom. The van der Waals surface area contributed by atoms with Crippen LogP contribution in [0.15, 0.2) is 18.2 Å². The Morgan fingerprint density at radius 2 is 2.22 bits per heavy atom. The molecule has 0 fully saturated rings. The van der Waals surface area contributed by atoms with Crippen LogP contribution in [0.25, 0.3) is 0 Å². The summed E-state index contributed by atoms with van der Waals surface area (Å²) in [5.41, 5.74) is 1.31. The van der Waals surface area contributed by atoms with Gasteiger partial charge in [0.25, 0.3) is 5.91 Å². The molecule has 96 valence electrons. The molecule has 0 aliphatic carbocycles. The molecule has 0 atom stereocenters. The van der Waals surface area contributed by atoms with Crippen LogP contribution in [0.4, 0.5) is 5.69 Å². The van der Waals surface area contributed by atoms with Gasteiger partial charge in [-0.25, -0.2) is 0 Å². The van der Waals surface area contributed by atoms with Gasteiger partial charge in [-0.1, -0.05) is 6.07 Å². The Labute approximate surface area is 105 Å². The molecule has 1 aromatic rings. The Hall–Kier alpha value is -2.04. The van der Waals surface area contributed by atoms with Crippen molar-refractivity contribution in [1.82, 2.24) is 0 Å². The first-order chi connectivity index (χ1) is 8.49. The van der Waals surface area contributed by atoms with Crippen molar-refractivity contribution in [2.24, 2.45) is 0 Å². The first kappa shape index (κ1) is 12.4. The van der Waals surface area contributed by atoms with Crippen molar-refractivity contribution in [3.63, 3.8) is 0 Å². The van der Waals surface area contributed by atoms with Gasteiger partial charge < -0.3 is 14.7 Å². The largest absolute Gasteiger partial charge is 0.482 e. The molecule has 0 saturated heterocycles. The van der Waals surface area contributed by atoms with E-state index in [4.69, 9.17) is 9.84 Å². The molecule has 1 aliphatic heterocycles. The molecule has 0 unspecified atom stereocenters. The number of carbonyl (C=O) groups is 2. The predicted molar refractivity (Wildman–Crippen MR) is 65.9 cm³/mol. The SMILES string of the molecule is CC(C)N1C(=O)COc2ccc(CC(=O)O)cc21. The van der Waals surface area contributed by atoms with Gasteiger partial charge in [0.2, 0.25) is 0 Å². The number of aliphatic carboxylic acids is 1. The maximum Gasteiger partial charge on any atom is 0.307 e. The van der Waals surface area contributed by atoms with Crippen LogP contribution >= 0.6 is 0 Å². The van der Waals surface area contributed by atoms with Gasteiger partial charge in [-0.15, -0.1) is 0 Å². The van der Waals surface area contributed by atoms with E-state index in [2.05, 4.69) is 0 Å². The third-order valence-corrected chi connectivity index (χ3v) is 2.77. The summed E-state index contributed by atoms with van der Waals surface area (Å²) in [6.45, 7) is 3.86. The van der Waals surface area contributed by atoms with Crippen LogP contribution in [0.1, 0.15) is 19.4 Å². The van der Waals surface area contributed by atoms with Crippen molar-refractivity contribution < 1.29 is 19.4 Å². The highest BCUT2D eigenvalue weighted by Gasteiger charge is 2.27. The summed E-state index contributed by atoms with van der Waals surface area (Å²) in [5.74, 6) is -0.378. The Bertz CT molecular complexity index is 496. The summed E-state index contributed by atoms with van der Waals surface area (Å²) < 4.78 is 5.34. The number of rotatable bonds is 3. The molecule has 2 rings (SSSR count). The van der Waals surface area contributed by atoms with Crippen molar-refractivity contribution in [2.45, 2.75) is 26.3 Å². The number of amides is 1. The number of hydrogen-bond donors (Lipinski definition) is 1. The molecule has 1 N–H and O–H groups in total. The molecule has 1 amide bonds. The fraction of sp³-hybridized carbons (Fsp3) is 0.385. The van der Waals surface area contributed by atoms with Gasteiger partial charge in [0.05, 0.1) is 12.1 Å². The van der Waals surface area contributed by atoms with Crippen LogP contribution in [0, 0.1) is 0 Å². The van der Waals surface area contributed by atoms with Gasteiger partial charge in [-0.2, -0.15) is 0 Å². The van der Waals surface area contributed by atoms with Crippen molar-refractivity contribution in [3.8, 4) is 5.75 Å². The van der Waals surface area contributed by atoms with E-state index in [9.17, 15) is 9.59 Å². The minimum Gasteiger partial charge on any atom is -0.482 e. The molecular formula is C13H15NO4. The lowest BCUT2D eigenvalue weighted by molar-refractivity contribution is -0.136. The number of carbonyl (C=O) groups excluding carboxylic acids is 1. The molecule has 1 heterocycles. The van der Waals surface area contributed by atoms with E-state index in [1.165, 1.54) is 0 Å². The smallest absolute Gasteiger partial charge is 0.307 e. The number of anilines is 1. The summed E-state index contributed by atoms with van der Waals surface area (Å²) in [7, 11) is 0. The quantitative estimate of drug-likeness (QED) is 0.880. The molecular weight excluding hydrogens is 234 g/mol. The molecule has 0 aromatic heterocycles. The number of benzene rings is 1. The predicted octanol–water partition coefficient (Wildman–Crippen LogP) is 1.45. The fourth-order valence-electron chi connectivity index (χ4n) is 2.07. The van der Waals surface area contributed by atoms with Gasteiger partial charge in [-0.05, 0) is 31.5 Å². The summed E-state index contributed by atoms with van der Waals surface area (Å²) in [5, 5.41) is 8.79. The van der Waals surface area contributed by atoms with Crippen LogP contribution < -0.4 is 9.64 Å². The maximum absolute atomic E-state index is 11.8. The second kappa shape index (κ2) is 4.68. The van der Waals surface area contributed by atoms with E-state index in [0.29, 0.717) is 17.0 Å². The van der Waals surface area contributed by atoms with E-state index in [-0.39, 0.29) is 25.0 Å². The Kier molecular flexibility index (Phi) is 3.23. The molecule has 18 heavy (non-hydrogen) atoms. The summed E-state index contributed by atoms with van der Waals surface area (Å²) in [6, 6.07) is 5.15. The van der Waals surface area contributed by atoms with Crippen molar-refractivity contribution >= 4 is 17.6 Å². The average molecular weight is 249 g/mol.